The Labute approximate surface area is 213 Å². The van der Waals surface area contributed by atoms with Crippen LogP contribution >= 0.6 is 0 Å². The molecule has 2 amide bonds. The Kier molecular flexibility index (Phi) is 9.37. The van der Waals surface area contributed by atoms with Gasteiger partial charge in [-0.3, -0.25) is 9.59 Å². The van der Waals surface area contributed by atoms with Crippen LogP contribution in [-0.2, 0) is 11.2 Å². The first-order valence-electron chi connectivity index (χ1n) is 12.9. The molecule has 0 saturated carbocycles. The van der Waals surface area contributed by atoms with Gasteiger partial charge in [-0.05, 0) is 67.6 Å². The zero-order valence-electron chi connectivity index (χ0n) is 20.7. The van der Waals surface area contributed by atoms with Crippen molar-refractivity contribution in [3.63, 3.8) is 0 Å². The van der Waals surface area contributed by atoms with Gasteiger partial charge in [0.1, 0.15) is 5.75 Å². The van der Waals surface area contributed by atoms with Crippen molar-refractivity contribution in [1.29, 1.82) is 0 Å². The Balaban J connectivity index is 1.23. The van der Waals surface area contributed by atoms with Crippen LogP contribution in [0.25, 0.3) is 0 Å². The molecule has 1 aliphatic heterocycles. The summed E-state index contributed by atoms with van der Waals surface area (Å²) in [7, 11) is 0. The maximum atomic E-state index is 12.8. The lowest BCUT2D eigenvalue weighted by Crippen LogP contribution is -2.31. The Morgan fingerprint density at radius 1 is 0.806 bits per heavy atom. The number of rotatable bonds is 10. The molecule has 0 spiro atoms. The first-order valence-corrected chi connectivity index (χ1v) is 12.9. The van der Waals surface area contributed by atoms with E-state index in [2.05, 4.69) is 22.8 Å². The molecule has 0 aromatic heterocycles. The maximum Gasteiger partial charge on any atom is 0.253 e. The number of hydrogen-bond donors (Lipinski definition) is 2. The number of carbonyl (C=O) groups is 2. The standard InChI is InChI=1S/C30H35N3O3/c34-29(23-31-26-18-16-25(17-19-26)30(35)33-20-8-1-2-9-21-33)32-27-14-6-7-15-28(27)36-22-10-13-24-11-4-3-5-12-24/h3-7,11-12,14-19,31H,1-2,8-10,13,20-23H2,(H,32,34). The van der Waals surface area contributed by atoms with Crippen molar-refractivity contribution < 1.29 is 14.3 Å². The summed E-state index contributed by atoms with van der Waals surface area (Å²) >= 11 is 0. The summed E-state index contributed by atoms with van der Waals surface area (Å²) in [6.07, 6.45) is 6.37. The van der Waals surface area contributed by atoms with Crippen LogP contribution in [0.5, 0.6) is 5.75 Å². The molecule has 3 aromatic carbocycles. The summed E-state index contributed by atoms with van der Waals surface area (Å²) in [5.41, 5.74) is 3.42. The van der Waals surface area contributed by atoms with Gasteiger partial charge in [0, 0.05) is 24.3 Å². The third-order valence-electron chi connectivity index (χ3n) is 6.35. The molecular formula is C30H35N3O3. The lowest BCUT2D eigenvalue weighted by atomic mass is 10.1. The van der Waals surface area contributed by atoms with E-state index in [1.54, 1.807) is 0 Å². The van der Waals surface area contributed by atoms with Crippen LogP contribution in [-0.4, -0.2) is 43.0 Å². The average Bonchev–Trinajstić information content (AvgIpc) is 3.21. The SMILES string of the molecule is O=C(CNc1ccc(C(=O)N2CCCCCC2)cc1)Nc1ccccc1OCCCc1ccccc1. The molecule has 1 heterocycles. The van der Waals surface area contributed by atoms with Crippen LogP contribution in [0.2, 0.25) is 0 Å². The highest BCUT2D eigenvalue weighted by molar-refractivity contribution is 5.96. The molecule has 6 heteroatoms. The molecule has 6 nitrogen and oxygen atoms in total. The zero-order chi connectivity index (χ0) is 25.0. The van der Waals surface area contributed by atoms with Crippen molar-refractivity contribution in [2.75, 3.05) is 36.9 Å². The molecular weight excluding hydrogens is 450 g/mol. The predicted octanol–water partition coefficient (Wildman–Crippen LogP) is 5.77. The van der Waals surface area contributed by atoms with Gasteiger partial charge in [0.15, 0.2) is 0 Å². The van der Waals surface area contributed by atoms with E-state index in [9.17, 15) is 9.59 Å². The van der Waals surface area contributed by atoms with Gasteiger partial charge >= 0.3 is 0 Å². The second-order valence-electron chi connectivity index (χ2n) is 9.12. The van der Waals surface area contributed by atoms with Crippen molar-refractivity contribution in [2.45, 2.75) is 38.5 Å². The normalized spacial score (nSPS) is 13.5. The molecule has 1 saturated heterocycles. The first-order chi connectivity index (χ1) is 17.7. The molecule has 0 atom stereocenters. The van der Waals surface area contributed by atoms with Crippen LogP contribution in [0.15, 0.2) is 78.9 Å². The van der Waals surface area contributed by atoms with Crippen molar-refractivity contribution in [3.05, 3.63) is 90.0 Å². The van der Waals surface area contributed by atoms with Crippen LogP contribution < -0.4 is 15.4 Å². The Morgan fingerprint density at radius 3 is 2.25 bits per heavy atom. The second-order valence-corrected chi connectivity index (χ2v) is 9.12. The number of carbonyl (C=O) groups excluding carboxylic acids is 2. The lowest BCUT2D eigenvalue weighted by molar-refractivity contribution is -0.114. The quantitative estimate of drug-likeness (QED) is 0.358. The van der Waals surface area contributed by atoms with Crippen molar-refractivity contribution >= 4 is 23.2 Å². The van der Waals surface area contributed by atoms with Crippen molar-refractivity contribution in [1.82, 2.24) is 4.90 Å². The molecule has 0 bridgehead atoms. The number of nitrogens with zero attached hydrogens (tertiary/aromatic N) is 1. The third-order valence-corrected chi connectivity index (χ3v) is 6.35. The van der Waals surface area contributed by atoms with E-state index in [4.69, 9.17) is 4.74 Å². The van der Waals surface area contributed by atoms with E-state index in [-0.39, 0.29) is 18.4 Å². The van der Waals surface area contributed by atoms with Crippen LogP contribution in [0, 0.1) is 0 Å². The van der Waals surface area contributed by atoms with Gasteiger partial charge in [-0.25, -0.2) is 0 Å². The second kappa shape index (κ2) is 13.3. The minimum Gasteiger partial charge on any atom is -0.491 e. The fourth-order valence-corrected chi connectivity index (χ4v) is 4.36. The lowest BCUT2D eigenvalue weighted by Gasteiger charge is -2.20. The number of hydrogen-bond acceptors (Lipinski definition) is 4. The summed E-state index contributed by atoms with van der Waals surface area (Å²) < 4.78 is 5.94. The predicted molar refractivity (Wildman–Crippen MR) is 145 cm³/mol. The Bertz CT molecular complexity index is 1110. The van der Waals surface area contributed by atoms with Gasteiger partial charge in [-0.1, -0.05) is 55.3 Å². The van der Waals surface area contributed by atoms with E-state index < -0.39 is 0 Å². The number of likely N-dealkylation sites (tertiary alicyclic amines) is 1. The number of para-hydroxylation sites is 2. The highest BCUT2D eigenvalue weighted by Crippen LogP contribution is 2.24. The summed E-state index contributed by atoms with van der Waals surface area (Å²) in [6, 6.07) is 25.2. The van der Waals surface area contributed by atoms with E-state index in [1.165, 1.54) is 18.4 Å². The van der Waals surface area contributed by atoms with Crippen molar-refractivity contribution in [3.8, 4) is 5.75 Å². The summed E-state index contributed by atoms with van der Waals surface area (Å²) in [6.45, 7) is 2.35. The van der Waals surface area contributed by atoms with Gasteiger partial charge in [0.2, 0.25) is 5.91 Å². The van der Waals surface area contributed by atoms with Gasteiger partial charge in [0.25, 0.3) is 5.91 Å². The molecule has 188 valence electrons. The summed E-state index contributed by atoms with van der Waals surface area (Å²) in [5, 5.41) is 6.06. The van der Waals surface area contributed by atoms with Gasteiger partial charge < -0.3 is 20.3 Å². The molecule has 36 heavy (non-hydrogen) atoms. The highest BCUT2D eigenvalue weighted by Gasteiger charge is 2.17. The molecule has 1 aliphatic rings. The zero-order valence-corrected chi connectivity index (χ0v) is 20.7. The molecule has 0 radical (unpaired) electrons. The molecule has 3 aromatic rings. The largest absolute Gasteiger partial charge is 0.491 e. The van der Waals surface area contributed by atoms with Crippen LogP contribution in [0.1, 0.15) is 48.0 Å². The Morgan fingerprint density at radius 2 is 1.50 bits per heavy atom. The number of anilines is 2. The number of amides is 2. The number of ether oxygens (including phenoxy) is 1. The Hall–Kier alpha value is -3.80. The molecule has 2 N–H and O–H groups in total. The molecule has 0 aliphatic carbocycles. The smallest absolute Gasteiger partial charge is 0.253 e. The van der Waals surface area contributed by atoms with E-state index in [0.717, 1.165) is 44.5 Å². The monoisotopic (exact) mass is 485 g/mol. The third kappa shape index (κ3) is 7.60. The minimum atomic E-state index is -0.167. The fourth-order valence-electron chi connectivity index (χ4n) is 4.36. The van der Waals surface area contributed by atoms with E-state index in [1.807, 2.05) is 71.6 Å². The number of benzene rings is 3. The van der Waals surface area contributed by atoms with Crippen LogP contribution in [0.3, 0.4) is 0 Å². The fraction of sp³-hybridized carbons (Fsp3) is 0.333. The molecule has 0 unspecified atom stereocenters. The average molecular weight is 486 g/mol. The summed E-state index contributed by atoms with van der Waals surface area (Å²) in [5.74, 6) is 0.580. The van der Waals surface area contributed by atoms with Gasteiger partial charge in [-0.15, -0.1) is 0 Å². The highest BCUT2D eigenvalue weighted by atomic mass is 16.5. The maximum absolute atomic E-state index is 12.8. The minimum absolute atomic E-state index is 0.0848. The molecule has 1 fully saturated rings. The number of aryl methyl sites for hydroxylation is 1. The summed E-state index contributed by atoms with van der Waals surface area (Å²) in [4.78, 5) is 27.3. The first kappa shape index (κ1) is 25.3. The van der Waals surface area contributed by atoms with E-state index >= 15 is 0 Å². The molecule has 4 rings (SSSR count). The van der Waals surface area contributed by atoms with Gasteiger partial charge in [-0.2, -0.15) is 0 Å². The number of nitrogens with one attached hydrogen (secondary N) is 2. The van der Waals surface area contributed by atoms with E-state index in [0.29, 0.717) is 23.6 Å². The van der Waals surface area contributed by atoms with Crippen molar-refractivity contribution in [2.24, 2.45) is 0 Å². The topological polar surface area (TPSA) is 70.7 Å². The van der Waals surface area contributed by atoms with Gasteiger partial charge in [0.05, 0.1) is 18.8 Å². The van der Waals surface area contributed by atoms with Crippen LogP contribution in [0.4, 0.5) is 11.4 Å².